The Morgan fingerprint density at radius 2 is 2.05 bits per heavy atom. The van der Waals surface area contributed by atoms with Gasteiger partial charge >= 0.3 is 6.09 Å². The molecule has 0 spiro atoms. The van der Waals surface area contributed by atoms with Gasteiger partial charge < -0.3 is 15.4 Å². The molecule has 19 heavy (non-hydrogen) atoms. The predicted octanol–water partition coefficient (Wildman–Crippen LogP) is 3.52. The van der Waals surface area contributed by atoms with Gasteiger partial charge in [-0.25, -0.2) is 9.18 Å². The minimum Gasteiger partial charge on any atom is -0.444 e. The molecule has 0 heterocycles. The molecule has 106 valence electrons. The molecule has 0 aliphatic rings. The molecule has 1 aromatic rings. The highest BCUT2D eigenvalue weighted by Crippen LogP contribution is 2.18. The van der Waals surface area contributed by atoms with E-state index < -0.39 is 11.7 Å². The Kier molecular flexibility index (Phi) is 5.60. The van der Waals surface area contributed by atoms with Crippen LogP contribution in [-0.4, -0.2) is 24.8 Å². The Hall–Kier alpha value is -1.30. The number of hydrogen-bond acceptors (Lipinski definition) is 3. The van der Waals surface area contributed by atoms with Gasteiger partial charge in [0.1, 0.15) is 11.4 Å². The first-order valence-corrected chi connectivity index (χ1v) is 6.73. The molecule has 0 saturated carbocycles. The van der Waals surface area contributed by atoms with Gasteiger partial charge in [-0.2, -0.15) is 0 Å². The van der Waals surface area contributed by atoms with Gasteiger partial charge in [0.2, 0.25) is 0 Å². The van der Waals surface area contributed by atoms with Crippen LogP contribution in [0.15, 0.2) is 22.7 Å². The topological polar surface area (TPSA) is 50.4 Å². The van der Waals surface area contributed by atoms with E-state index in [1.54, 1.807) is 32.9 Å². The minimum atomic E-state index is -0.508. The highest BCUT2D eigenvalue weighted by molar-refractivity contribution is 9.10. The Bertz CT molecular complexity index is 447. The molecule has 0 radical (unpaired) electrons. The number of carbonyl (C=O) groups excluding carboxylic acids is 1. The largest absolute Gasteiger partial charge is 0.444 e. The van der Waals surface area contributed by atoms with Crippen LogP contribution in [0.2, 0.25) is 0 Å². The summed E-state index contributed by atoms with van der Waals surface area (Å²) < 4.78 is 18.7. The van der Waals surface area contributed by atoms with Crippen molar-refractivity contribution < 1.29 is 13.9 Å². The Morgan fingerprint density at radius 3 is 2.63 bits per heavy atom. The van der Waals surface area contributed by atoms with Crippen molar-refractivity contribution in [2.24, 2.45) is 0 Å². The summed E-state index contributed by atoms with van der Waals surface area (Å²) in [6.45, 7) is 6.28. The molecule has 0 atom stereocenters. The van der Waals surface area contributed by atoms with E-state index in [-0.39, 0.29) is 5.82 Å². The molecule has 0 aliphatic heterocycles. The molecule has 0 bridgehead atoms. The summed E-state index contributed by atoms with van der Waals surface area (Å²) >= 11 is 3.08. The molecule has 0 unspecified atom stereocenters. The highest BCUT2D eigenvalue weighted by atomic mass is 79.9. The number of benzene rings is 1. The van der Waals surface area contributed by atoms with E-state index in [4.69, 9.17) is 4.74 Å². The maximum Gasteiger partial charge on any atom is 0.407 e. The van der Waals surface area contributed by atoms with Crippen LogP contribution in [0.5, 0.6) is 0 Å². The third-order valence-electron chi connectivity index (χ3n) is 2.04. The smallest absolute Gasteiger partial charge is 0.407 e. The summed E-state index contributed by atoms with van der Waals surface area (Å²) in [6.07, 6.45) is -0.462. The fraction of sp³-hybridized carbons (Fsp3) is 0.462. The highest BCUT2D eigenvalue weighted by Gasteiger charge is 2.15. The molecule has 0 fully saturated rings. The Balaban J connectivity index is 2.27. The second-order valence-corrected chi connectivity index (χ2v) is 5.84. The van der Waals surface area contributed by atoms with Crippen molar-refractivity contribution in [2.75, 3.05) is 18.4 Å². The van der Waals surface area contributed by atoms with Gasteiger partial charge in [-0.1, -0.05) is 0 Å². The predicted molar refractivity (Wildman–Crippen MR) is 76.8 cm³/mol. The molecule has 1 aromatic carbocycles. The summed E-state index contributed by atoms with van der Waals surface area (Å²) in [6, 6.07) is 4.76. The zero-order valence-corrected chi connectivity index (χ0v) is 12.8. The lowest BCUT2D eigenvalue weighted by Crippen LogP contribution is -2.34. The van der Waals surface area contributed by atoms with E-state index in [2.05, 4.69) is 26.6 Å². The van der Waals surface area contributed by atoms with Crippen molar-refractivity contribution in [3.05, 3.63) is 28.5 Å². The van der Waals surface area contributed by atoms with Crippen LogP contribution >= 0.6 is 15.9 Å². The number of hydrogen-bond donors (Lipinski definition) is 2. The molecule has 1 amide bonds. The number of ether oxygens (including phenoxy) is 1. The van der Waals surface area contributed by atoms with Crippen molar-refractivity contribution in [1.29, 1.82) is 0 Å². The fourth-order valence-electron chi connectivity index (χ4n) is 1.29. The normalized spacial score (nSPS) is 11.0. The molecule has 1 rings (SSSR count). The molecule has 6 heteroatoms. The summed E-state index contributed by atoms with van der Waals surface area (Å²) in [5, 5.41) is 5.61. The fourth-order valence-corrected chi connectivity index (χ4v) is 1.54. The summed E-state index contributed by atoms with van der Waals surface area (Å²) in [5.41, 5.74) is 0.151. The summed E-state index contributed by atoms with van der Waals surface area (Å²) in [4.78, 5) is 11.3. The minimum absolute atomic E-state index is 0.329. The van der Waals surface area contributed by atoms with Crippen LogP contribution in [0.4, 0.5) is 14.9 Å². The third-order valence-corrected chi connectivity index (χ3v) is 2.69. The molecular formula is C13H18BrFN2O2. The molecule has 4 nitrogen and oxygen atoms in total. The van der Waals surface area contributed by atoms with Gasteiger partial charge in [-0.15, -0.1) is 0 Å². The van der Waals surface area contributed by atoms with Crippen LogP contribution in [0.1, 0.15) is 20.8 Å². The zero-order valence-electron chi connectivity index (χ0n) is 11.2. The van der Waals surface area contributed by atoms with E-state index in [0.29, 0.717) is 23.2 Å². The second-order valence-electron chi connectivity index (χ2n) is 4.98. The molecule has 0 saturated heterocycles. The van der Waals surface area contributed by atoms with E-state index in [1.165, 1.54) is 6.07 Å². The number of rotatable bonds is 4. The lowest BCUT2D eigenvalue weighted by atomic mass is 10.2. The Labute approximate surface area is 120 Å². The first-order valence-electron chi connectivity index (χ1n) is 5.94. The number of anilines is 1. The van der Waals surface area contributed by atoms with E-state index in [0.717, 1.165) is 0 Å². The van der Waals surface area contributed by atoms with Gasteiger partial charge in [0.05, 0.1) is 4.47 Å². The molecule has 0 aromatic heterocycles. The lowest BCUT2D eigenvalue weighted by Gasteiger charge is -2.19. The van der Waals surface area contributed by atoms with Gasteiger partial charge in [-0.3, -0.25) is 0 Å². The number of amides is 1. The number of carbonyl (C=O) groups is 1. The van der Waals surface area contributed by atoms with Crippen molar-refractivity contribution in [1.82, 2.24) is 5.32 Å². The number of nitrogens with one attached hydrogen (secondary N) is 2. The van der Waals surface area contributed by atoms with Crippen LogP contribution < -0.4 is 10.6 Å². The second kappa shape index (κ2) is 6.75. The van der Waals surface area contributed by atoms with E-state index in [1.807, 2.05) is 0 Å². The van der Waals surface area contributed by atoms with Gasteiger partial charge in [0.15, 0.2) is 0 Å². The summed E-state index contributed by atoms with van der Waals surface area (Å²) in [5.74, 6) is -0.329. The van der Waals surface area contributed by atoms with Crippen LogP contribution in [0.25, 0.3) is 0 Å². The number of halogens is 2. The monoisotopic (exact) mass is 332 g/mol. The van der Waals surface area contributed by atoms with Gasteiger partial charge in [0, 0.05) is 18.8 Å². The first kappa shape index (κ1) is 15.8. The SMILES string of the molecule is CC(C)(C)OC(=O)NCCNc1ccc(Br)c(F)c1. The van der Waals surface area contributed by atoms with Crippen LogP contribution in [0.3, 0.4) is 0 Å². The van der Waals surface area contributed by atoms with Gasteiger partial charge in [-0.05, 0) is 54.9 Å². The van der Waals surface area contributed by atoms with Crippen molar-refractivity contribution in [3.8, 4) is 0 Å². The Morgan fingerprint density at radius 1 is 1.37 bits per heavy atom. The maximum absolute atomic E-state index is 13.2. The molecular weight excluding hydrogens is 315 g/mol. The van der Waals surface area contributed by atoms with E-state index in [9.17, 15) is 9.18 Å². The molecule has 0 aliphatic carbocycles. The van der Waals surface area contributed by atoms with Crippen LogP contribution in [0, 0.1) is 5.82 Å². The maximum atomic E-state index is 13.2. The zero-order chi connectivity index (χ0) is 14.5. The average Bonchev–Trinajstić information content (AvgIpc) is 2.27. The standard InChI is InChI=1S/C13H18BrFN2O2/c1-13(2,3)19-12(18)17-7-6-16-9-4-5-10(14)11(15)8-9/h4-5,8,16H,6-7H2,1-3H3,(H,17,18). The van der Waals surface area contributed by atoms with Crippen molar-refractivity contribution >= 4 is 27.7 Å². The number of alkyl carbamates (subject to hydrolysis) is 1. The summed E-state index contributed by atoms with van der Waals surface area (Å²) in [7, 11) is 0. The van der Waals surface area contributed by atoms with Crippen LogP contribution in [-0.2, 0) is 4.74 Å². The van der Waals surface area contributed by atoms with Crippen molar-refractivity contribution in [3.63, 3.8) is 0 Å². The lowest BCUT2D eigenvalue weighted by molar-refractivity contribution is 0.0530. The average molecular weight is 333 g/mol. The molecule has 2 N–H and O–H groups in total. The van der Waals surface area contributed by atoms with Gasteiger partial charge in [0.25, 0.3) is 0 Å². The van der Waals surface area contributed by atoms with E-state index >= 15 is 0 Å². The third kappa shape index (κ3) is 6.42. The quantitative estimate of drug-likeness (QED) is 0.829. The first-order chi connectivity index (χ1) is 8.78. The van der Waals surface area contributed by atoms with Crippen molar-refractivity contribution in [2.45, 2.75) is 26.4 Å².